The second-order valence-corrected chi connectivity index (χ2v) is 6.04. The highest BCUT2D eigenvalue weighted by atomic mass is 16.3. The first-order valence-electron chi connectivity index (χ1n) is 8.27. The Morgan fingerprint density at radius 3 is 2.69 bits per heavy atom. The van der Waals surface area contributed by atoms with Crippen molar-refractivity contribution in [1.29, 1.82) is 0 Å². The molecule has 1 atom stereocenters. The predicted molar refractivity (Wildman–Crippen MR) is 97.3 cm³/mol. The van der Waals surface area contributed by atoms with Gasteiger partial charge in [-0.25, -0.2) is 4.79 Å². The molecule has 1 aromatic carbocycles. The van der Waals surface area contributed by atoms with Crippen LogP contribution in [-0.2, 0) is 20.0 Å². The number of aromatic amines is 1. The summed E-state index contributed by atoms with van der Waals surface area (Å²) < 4.78 is 2.72. The molecule has 0 aliphatic rings. The lowest BCUT2D eigenvalue weighted by molar-refractivity contribution is 0.0825. The molecular formula is C17H21N5O4. The van der Waals surface area contributed by atoms with Gasteiger partial charge in [0.05, 0.1) is 19.3 Å². The third-order valence-corrected chi connectivity index (χ3v) is 4.15. The van der Waals surface area contributed by atoms with Crippen LogP contribution in [0.25, 0.3) is 11.2 Å². The van der Waals surface area contributed by atoms with Crippen molar-refractivity contribution in [3.05, 3.63) is 56.7 Å². The Labute approximate surface area is 148 Å². The quantitative estimate of drug-likeness (QED) is 0.448. The minimum atomic E-state index is -1.06. The Morgan fingerprint density at radius 1 is 1.27 bits per heavy atom. The minimum absolute atomic E-state index is 0.0258. The summed E-state index contributed by atoms with van der Waals surface area (Å²) in [6.07, 6.45) is -0.319. The molecule has 3 aromatic rings. The van der Waals surface area contributed by atoms with E-state index in [2.05, 4.69) is 15.3 Å². The Balaban J connectivity index is 1.96. The minimum Gasteiger partial charge on any atom is -0.394 e. The number of nitrogens with zero attached hydrogens (tertiary/aromatic N) is 3. The van der Waals surface area contributed by atoms with E-state index in [0.717, 1.165) is 12.0 Å². The van der Waals surface area contributed by atoms with E-state index in [-0.39, 0.29) is 17.7 Å². The fraction of sp³-hybridized carbons (Fsp3) is 0.353. The van der Waals surface area contributed by atoms with Gasteiger partial charge in [0, 0.05) is 13.6 Å². The number of benzene rings is 1. The van der Waals surface area contributed by atoms with Gasteiger partial charge in [0.1, 0.15) is 0 Å². The van der Waals surface area contributed by atoms with Gasteiger partial charge in [-0.15, -0.1) is 0 Å². The van der Waals surface area contributed by atoms with E-state index in [9.17, 15) is 14.7 Å². The molecule has 138 valence electrons. The van der Waals surface area contributed by atoms with Crippen molar-refractivity contribution in [2.75, 3.05) is 18.5 Å². The zero-order valence-corrected chi connectivity index (χ0v) is 14.3. The molecule has 9 nitrogen and oxygen atoms in total. The summed E-state index contributed by atoms with van der Waals surface area (Å²) in [5.74, 6) is 0.357. The van der Waals surface area contributed by atoms with Crippen LogP contribution in [0.2, 0.25) is 0 Å². The first-order valence-corrected chi connectivity index (χ1v) is 8.27. The summed E-state index contributed by atoms with van der Waals surface area (Å²) in [7, 11) is 1.51. The molecule has 0 radical (unpaired) electrons. The Morgan fingerprint density at radius 2 is 2.00 bits per heavy atom. The van der Waals surface area contributed by atoms with Gasteiger partial charge in [-0.2, -0.15) is 4.98 Å². The highest BCUT2D eigenvalue weighted by Gasteiger charge is 2.19. The first kappa shape index (κ1) is 17.9. The molecule has 0 spiro atoms. The van der Waals surface area contributed by atoms with E-state index in [1.54, 1.807) is 0 Å². The maximum atomic E-state index is 12.2. The molecule has 3 rings (SSSR count). The normalized spacial score (nSPS) is 12.4. The van der Waals surface area contributed by atoms with Gasteiger partial charge < -0.3 is 20.1 Å². The third-order valence-electron chi connectivity index (χ3n) is 4.15. The highest BCUT2D eigenvalue weighted by molar-refractivity contribution is 5.74. The number of aliphatic hydroxyl groups is 2. The first-order chi connectivity index (χ1) is 12.5. The molecular weight excluding hydrogens is 338 g/mol. The summed E-state index contributed by atoms with van der Waals surface area (Å²) in [5, 5.41) is 22.1. The number of H-pyrrole nitrogens is 1. The van der Waals surface area contributed by atoms with Crippen molar-refractivity contribution in [3.63, 3.8) is 0 Å². The second-order valence-electron chi connectivity index (χ2n) is 6.04. The van der Waals surface area contributed by atoms with Crippen LogP contribution in [0.1, 0.15) is 5.56 Å². The molecule has 0 saturated carbocycles. The summed E-state index contributed by atoms with van der Waals surface area (Å²) in [6, 6.07) is 9.87. The summed E-state index contributed by atoms with van der Waals surface area (Å²) in [4.78, 5) is 30.6. The van der Waals surface area contributed by atoms with Crippen molar-refractivity contribution in [2.24, 2.45) is 7.05 Å². The van der Waals surface area contributed by atoms with Gasteiger partial charge in [-0.05, 0) is 12.0 Å². The molecule has 2 aromatic heterocycles. The van der Waals surface area contributed by atoms with E-state index in [4.69, 9.17) is 5.11 Å². The maximum absolute atomic E-state index is 12.2. The van der Waals surface area contributed by atoms with Crippen LogP contribution in [0.4, 0.5) is 5.95 Å². The zero-order chi connectivity index (χ0) is 18.7. The van der Waals surface area contributed by atoms with Gasteiger partial charge in [0.25, 0.3) is 5.56 Å². The summed E-state index contributed by atoms with van der Waals surface area (Å²) >= 11 is 0. The summed E-state index contributed by atoms with van der Waals surface area (Å²) in [5.41, 5.74) is 0.374. The average Bonchev–Trinajstić information content (AvgIpc) is 2.99. The lowest BCUT2D eigenvalue weighted by atomic mass is 10.1. The largest absolute Gasteiger partial charge is 0.394 e. The third kappa shape index (κ3) is 3.53. The van der Waals surface area contributed by atoms with Gasteiger partial charge in [0.2, 0.25) is 5.95 Å². The molecule has 0 bridgehead atoms. The van der Waals surface area contributed by atoms with Gasteiger partial charge in [-0.3, -0.25) is 14.3 Å². The molecule has 0 aliphatic heterocycles. The number of nitrogens with one attached hydrogen (secondary N) is 2. The number of rotatable bonds is 7. The SMILES string of the molecule is Cn1c(=O)[nH]c(=O)c2c1nc(NCCc1ccccc1)n2C[C@@H](O)CO. The topological polar surface area (TPSA) is 125 Å². The molecule has 9 heteroatoms. The van der Waals surface area contributed by atoms with Crippen LogP contribution in [-0.4, -0.2) is 48.6 Å². The lowest BCUT2D eigenvalue weighted by Gasteiger charge is -2.13. The van der Waals surface area contributed by atoms with Crippen molar-refractivity contribution in [1.82, 2.24) is 19.1 Å². The Bertz CT molecular complexity index is 1010. The Hall–Kier alpha value is -2.91. The number of anilines is 1. The molecule has 0 amide bonds. The van der Waals surface area contributed by atoms with E-state index in [0.29, 0.717) is 12.5 Å². The number of hydrogen-bond donors (Lipinski definition) is 4. The molecule has 26 heavy (non-hydrogen) atoms. The van der Waals surface area contributed by atoms with E-state index < -0.39 is 24.0 Å². The monoisotopic (exact) mass is 359 g/mol. The molecule has 0 unspecified atom stereocenters. The fourth-order valence-corrected chi connectivity index (χ4v) is 2.78. The lowest BCUT2D eigenvalue weighted by Crippen LogP contribution is -2.30. The van der Waals surface area contributed by atoms with Crippen molar-refractivity contribution >= 4 is 17.1 Å². The smallest absolute Gasteiger partial charge is 0.329 e. The summed E-state index contributed by atoms with van der Waals surface area (Å²) in [6.45, 7) is 0.0726. The molecule has 0 aliphatic carbocycles. The number of imidazole rings is 1. The second kappa shape index (κ2) is 7.54. The van der Waals surface area contributed by atoms with E-state index >= 15 is 0 Å². The predicted octanol–water partition coefficient (Wildman–Crippen LogP) is -0.569. The van der Waals surface area contributed by atoms with E-state index in [1.807, 2.05) is 30.3 Å². The molecule has 0 saturated heterocycles. The number of aryl methyl sites for hydroxylation is 1. The average molecular weight is 359 g/mol. The van der Waals surface area contributed by atoms with Crippen LogP contribution in [0.3, 0.4) is 0 Å². The highest BCUT2D eigenvalue weighted by Crippen LogP contribution is 2.16. The number of aromatic nitrogens is 4. The standard InChI is InChI=1S/C17H21N5O4/c1-21-14-13(15(25)20-17(21)26)22(9-12(24)10-23)16(19-14)18-8-7-11-5-3-2-4-6-11/h2-6,12,23-24H,7-10H2,1H3,(H,18,19)(H,20,25,26)/t12-/m1/s1. The van der Waals surface area contributed by atoms with Crippen LogP contribution in [0, 0.1) is 0 Å². The molecule has 4 N–H and O–H groups in total. The number of hydrogen-bond acceptors (Lipinski definition) is 6. The molecule has 0 fully saturated rings. The van der Waals surface area contributed by atoms with Crippen LogP contribution < -0.4 is 16.6 Å². The van der Waals surface area contributed by atoms with Gasteiger partial charge >= 0.3 is 5.69 Å². The van der Waals surface area contributed by atoms with Crippen LogP contribution >= 0.6 is 0 Å². The van der Waals surface area contributed by atoms with Crippen molar-refractivity contribution < 1.29 is 10.2 Å². The number of fused-ring (bicyclic) bond motifs is 1. The molecule has 2 heterocycles. The maximum Gasteiger partial charge on any atom is 0.329 e. The Kier molecular flexibility index (Phi) is 5.19. The fourth-order valence-electron chi connectivity index (χ4n) is 2.78. The van der Waals surface area contributed by atoms with Gasteiger partial charge in [-0.1, -0.05) is 30.3 Å². The van der Waals surface area contributed by atoms with Crippen LogP contribution in [0.15, 0.2) is 39.9 Å². The van der Waals surface area contributed by atoms with Crippen molar-refractivity contribution in [3.8, 4) is 0 Å². The number of aliphatic hydroxyl groups excluding tert-OH is 2. The zero-order valence-electron chi connectivity index (χ0n) is 14.3. The van der Waals surface area contributed by atoms with E-state index in [1.165, 1.54) is 16.2 Å². The van der Waals surface area contributed by atoms with Crippen molar-refractivity contribution in [2.45, 2.75) is 19.1 Å². The van der Waals surface area contributed by atoms with Gasteiger partial charge in [0.15, 0.2) is 11.2 Å². The van der Waals surface area contributed by atoms with Crippen LogP contribution in [0.5, 0.6) is 0 Å².